The molecule has 4 nitrogen and oxygen atoms in total. The molecular formula is C18H25ClN2O2. The third-order valence-corrected chi connectivity index (χ3v) is 4.78. The Kier molecular flexibility index (Phi) is 6.46. The van der Waals surface area contributed by atoms with Crippen LogP contribution in [-0.4, -0.2) is 24.4 Å². The van der Waals surface area contributed by atoms with E-state index in [0.717, 1.165) is 31.2 Å². The van der Waals surface area contributed by atoms with Crippen LogP contribution in [0.1, 0.15) is 51.0 Å². The van der Waals surface area contributed by atoms with E-state index >= 15 is 0 Å². The Morgan fingerprint density at radius 3 is 2.43 bits per heavy atom. The molecule has 1 aromatic carbocycles. The van der Waals surface area contributed by atoms with Gasteiger partial charge in [0.15, 0.2) is 0 Å². The average Bonchev–Trinajstić information content (AvgIpc) is 2.76. The van der Waals surface area contributed by atoms with E-state index in [0.29, 0.717) is 10.7 Å². The van der Waals surface area contributed by atoms with Crippen molar-refractivity contribution < 1.29 is 9.59 Å². The van der Waals surface area contributed by atoms with E-state index in [1.54, 1.807) is 6.07 Å². The molecule has 1 N–H and O–H groups in total. The second-order valence-electron chi connectivity index (χ2n) is 6.29. The molecule has 2 amide bonds. The van der Waals surface area contributed by atoms with Gasteiger partial charge in [0.25, 0.3) is 0 Å². The molecule has 5 heteroatoms. The van der Waals surface area contributed by atoms with E-state index in [4.69, 9.17) is 11.6 Å². The SMILES string of the molecule is CC(=O)N(CC(=O)NC1CCCCCC1)c1ccc(C)c(Cl)c1. The summed E-state index contributed by atoms with van der Waals surface area (Å²) in [5.74, 6) is -0.273. The van der Waals surface area contributed by atoms with Gasteiger partial charge >= 0.3 is 0 Å². The van der Waals surface area contributed by atoms with Gasteiger partial charge in [-0.3, -0.25) is 9.59 Å². The molecule has 0 aliphatic heterocycles. The maximum absolute atomic E-state index is 12.3. The van der Waals surface area contributed by atoms with Crippen LogP contribution in [-0.2, 0) is 9.59 Å². The molecule has 0 aromatic heterocycles. The lowest BCUT2D eigenvalue weighted by molar-refractivity contribution is -0.123. The molecule has 0 radical (unpaired) electrons. The molecule has 2 rings (SSSR count). The number of aryl methyl sites for hydroxylation is 1. The Labute approximate surface area is 143 Å². The first-order valence-corrected chi connectivity index (χ1v) is 8.69. The topological polar surface area (TPSA) is 49.4 Å². The summed E-state index contributed by atoms with van der Waals surface area (Å²) < 4.78 is 0. The lowest BCUT2D eigenvalue weighted by Gasteiger charge is -2.23. The highest BCUT2D eigenvalue weighted by atomic mass is 35.5. The summed E-state index contributed by atoms with van der Waals surface area (Å²) in [7, 11) is 0. The molecule has 23 heavy (non-hydrogen) atoms. The van der Waals surface area contributed by atoms with Crippen molar-refractivity contribution in [1.29, 1.82) is 0 Å². The fourth-order valence-electron chi connectivity index (χ4n) is 2.97. The van der Waals surface area contributed by atoms with Gasteiger partial charge in [-0.2, -0.15) is 0 Å². The van der Waals surface area contributed by atoms with Crippen LogP contribution in [0.15, 0.2) is 18.2 Å². The van der Waals surface area contributed by atoms with Gasteiger partial charge in [0.2, 0.25) is 11.8 Å². The molecular weight excluding hydrogens is 312 g/mol. The predicted molar refractivity (Wildman–Crippen MR) is 93.8 cm³/mol. The van der Waals surface area contributed by atoms with E-state index in [1.165, 1.54) is 24.7 Å². The lowest BCUT2D eigenvalue weighted by atomic mass is 10.1. The van der Waals surface area contributed by atoms with Crippen LogP contribution in [0.3, 0.4) is 0 Å². The summed E-state index contributed by atoms with van der Waals surface area (Å²) >= 11 is 6.13. The molecule has 0 bridgehead atoms. The monoisotopic (exact) mass is 336 g/mol. The van der Waals surface area contributed by atoms with Crippen LogP contribution in [0.2, 0.25) is 5.02 Å². The minimum absolute atomic E-state index is 0.0330. The van der Waals surface area contributed by atoms with Crippen molar-refractivity contribution in [2.45, 2.75) is 58.4 Å². The number of hydrogen-bond donors (Lipinski definition) is 1. The Balaban J connectivity index is 2.02. The standard InChI is InChI=1S/C18H25ClN2O2/c1-13-9-10-16(11-17(13)19)21(14(2)22)12-18(23)20-15-7-5-3-4-6-8-15/h9-11,15H,3-8,12H2,1-2H3,(H,20,23). The summed E-state index contributed by atoms with van der Waals surface area (Å²) in [5, 5.41) is 3.67. The fourth-order valence-corrected chi connectivity index (χ4v) is 3.15. The lowest BCUT2D eigenvalue weighted by Crippen LogP contribution is -2.43. The van der Waals surface area contributed by atoms with E-state index in [9.17, 15) is 9.59 Å². The van der Waals surface area contributed by atoms with Gasteiger partial charge in [-0.1, -0.05) is 43.4 Å². The molecule has 1 aliphatic rings. The van der Waals surface area contributed by atoms with Gasteiger partial charge in [0, 0.05) is 23.7 Å². The zero-order valence-corrected chi connectivity index (χ0v) is 14.7. The first-order valence-electron chi connectivity index (χ1n) is 8.31. The number of rotatable bonds is 4. The molecule has 126 valence electrons. The van der Waals surface area contributed by atoms with Gasteiger partial charge in [0.1, 0.15) is 6.54 Å². The van der Waals surface area contributed by atoms with Crippen LogP contribution in [0.25, 0.3) is 0 Å². The van der Waals surface area contributed by atoms with Crippen molar-refractivity contribution in [1.82, 2.24) is 5.32 Å². The van der Waals surface area contributed by atoms with Gasteiger partial charge in [-0.05, 0) is 37.5 Å². The summed E-state index contributed by atoms with van der Waals surface area (Å²) in [4.78, 5) is 25.7. The number of halogens is 1. The van der Waals surface area contributed by atoms with Crippen molar-refractivity contribution in [3.05, 3.63) is 28.8 Å². The summed E-state index contributed by atoms with van der Waals surface area (Å²) in [5.41, 5.74) is 1.60. The molecule has 0 heterocycles. The largest absolute Gasteiger partial charge is 0.352 e. The number of nitrogens with zero attached hydrogens (tertiary/aromatic N) is 1. The average molecular weight is 337 g/mol. The van der Waals surface area contributed by atoms with Crippen LogP contribution < -0.4 is 10.2 Å². The van der Waals surface area contributed by atoms with Gasteiger partial charge in [0.05, 0.1) is 0 Å². The highest BCUT2D eigenvalue weighted by Crippen LogP contribution is 2.23. The van der Waals surface area contributed by atoms with Crippen LogP contribution in [0.4, 0.5) is 5.69 Å². The van der Waals surface area contributed by atoms with Gasteiger partial charge in [-0.25, -0.2) is 0 Å². The zero-order chi connectivity index (χ0) is 16.8. The number of carbonyl (C=O) groups is 2. The summed E-state index contributed by atoms with van der Waals surface area (Å²) in [6.07, 6.45) is 6.87. The zero-order valence-electron chi connectivity index (χ0n) is 13.9. The Morgan fingerprint density at radius 1 is 1.22 bits per heavy atom. The van der Waals surface area contributed by atoms with Crippen molar-refractivity contribution >= 4 is 29.1 Å². The van der Waals surface area contributed by atoms with E-state index in [2.05, 4.69) is 5.32 Å². The molecule has 1 fully saturated rings. The Bertz CT molecular complexity index is 566. The minimum Gasteiger partial charge on any atom is -0.352 e. The third kappa shape index (κ3) is 5.24. The molecule has 1 aliphatic carbocycles. The normalized spacial score (nSPS) is 15.8. The molecule has 0 unspecified atom stereocenters. The van der Waals surface area contributed by atoms with Gasteiger partial charge < -0.3 is 10.2 Å². The fraction of sp³-hybridized carbons (Fsp3) is 0.556. The number of carbonyl (C=O) groups excluding carboxylic acids is 2. The summed E-state index contributed by atoms with van der Waals surface area (Å²) in [6.45, 7) is 3.40. The molecule has 0 saturated heterocycles. The van der Waals surface area contributed by atoms with Crippen molar-refractivity contribution in [2.24, 2.45) is 0 Å². The van der Waals surface area contributed by atoms with Crippen LogP contribution >= 0.6 is 11.6 Å². The van der Waals surface area contributed by atoms with E-state index in [1.807, 2.05) is 19.1 Å². The maximum atomic E-state index is 12.3. The Hall–Kier alpha value is -1.55. The molecule has 0 spiro atoms. The highest BCUT2D eigenvalue weighted by Gasteiger charge is 2.19. The van der Waals surface area contributed by atoms with Crippen molar-refractivity contribution in [3.8, 4) is 0 Å². The smallest absolute Gasteiger partial charge is 0.240 e. The second kappa shape index (κ2) is 8.34. The van der Waals surface area contributed by atoms with Crippen molar-refractivity contribution in [3.63, 3.8) is 0 Å². The van der Waals surface area contributed by atoms with E-state index < -0.39 is 0 Å². The quantitative estimate of drug-likeness (QED) is 0.849. The second-order valence-corrected chi connectivity index (χ2v) is 6.70. The number of benzene rings is 1. The number of hydrogen-bond acceptors (Lipinski definition) is 2. The first kappa shape index (κ1) is 17.8. The number of nitrogens with one attached hydrogen (secondary N) is 1. The number of amides is 2. The summed E-state index contributed by atoms with van der Waals surface area (Å²) in [6, 6.07) is 5.65. The third-order valence-electron chi connectivity index (χ3n) is 4.37. The number of anilines is 1. The van der Waals surface area contributed by atoms with Crippen LogP contribution in [0.5, 0.6) is 0 Å². The van der Waals surface area contributed by atoms with Crippen molar-refractivity contribution in [2.75, 3.05) is 11.4 Å². The predicted octanol–water partition coefficient (Wildman–Crippen LogP) is 3.84. The minimum atomic E-state index is -0.166. The van der Waals surface area contributed by atoms with Gasteiger partial charge in [-0.15, -0.1) is 0 Å². The Morgan fingerprint density at radius 2 is 1.87 bits per heavy atom. The van der Waals surface area contributed by atoms with Crippen LogP contribution in [0, 0.1) is 6.92 Å². The maximum Gasteiger partial charge on any atom is 0.240 e. The molecule has 1 saturated carbocycles. The highest BCUT2D eigenvalue weighted by molar-refractivity contribution is 6.31. The first-order chi connectivity index (χ1) is 11.0. The molecule has 1 aromatic rings. The van der Waals surface area contributed by atoms with E-state index in [-0.39, 0.29) is 24.4 Å². The molecule has 0 atom stereocenters.